The molecule has 1 atom stereocenters. The summed E-state index contributed by atoms with van der Waals surface area (Å²) >= 11 is 0. The number of hydrogen-bond donors (Lipinski definition) is 1. The first-order valence-corrected chi connectivity index (χ1v) is 6.36. The van der Waals surface area contributed by atoms with Crippen LogP contribution in [0.1, 0.15) is 25.8 Å². The average molecular weight is 224 g/mol. The Balaban J connectivity index is 2.78. The van der Waals surface area contributed by atoms with Crippen LogP contribution in [0.5, 0.6) is 0 Å². The second kappa shape index (κ2) is 6.73. The van der Waals surface area contributed by atoms with Crippen molar-refractivity contribution in [2.45, 2.75) is 20.3 Å². The Morgan fingerprint density at radius 3 is 2.53 bits per heavy atom. The average Bonchev–Trinajstić information content (AvgIpc) is 2.27. The maximum absolute atomic E-state index is 9.74. The van der Waals surface area contributed by atoms with Crippen LogP contribution in [-0.2, 0) is 4.52 Å². The molecule has 1 unspecified atom stereocenters. The second-order valence-corrected chi connectivity index (χ2v) is 4.47. The molecule has 0 spiro atoms. The third kappa shape index (κ3) is 4.13. The largest absolute Gasteiger partial charge is 0.347 e. The predicted octanol–water partition coefficient (Wildman–Crippen LogP) is 3.78. The van der Waals surface area contributed by atoms with E-state index in [4.69, 9.17) is 4.52 Å². The lowest BCUT2D eigenvalue weighted by Gasteiger charge is -2.11. The highest BCUT2D eigenvalue weighted by Gasteiger charge is 2.09. The van der Waals surface area contributed by atoms with Gasteiger partial charge in [-0.05, 0) is 25.0 Å². The molecular formula is C12H17O2P. The van der Waals surface area contributed by atoms with Crippen molar-refractivity contribution in [3.63, 3.8) is 0 Å². The summed E-state index contributed by atoms with van der Waals surface area (Å²) in [6.45, 7) is 4.47. The van der Waals surface area contributed by atoms with E-state index in [1.807, 2.05) is 50.3 Å². The van der Waals surface area contributed by atoms with Gasteiger partial charge in [-0.25, -0.2) is 0 Å². The van der Waals surface area contributed by atoms with Gasteiger partial charge in [-0.2, -0.15) is 0 Å². The molecule has 0 aliphatic rings. The minimum absolute atomic E-state index is 0.550. The molecular weight excluding hydrogens is 207 g/mol. The van der Waals surface area contributed by atoms with Gasteiger partial charge in [0.2, 0.25) is 0 Å². The van der Waals surface area contributed by atoms with Crippen LogP contribution in [0.3, 0.4) is 0 Å². The van der Waals surface area contributed by atoms with Crippen LogP contribution in [0.2, 0.25) is 0 Å². The van der Waals surface area contributed by atoms with Crippen LogP contribution in [0.15, 0.2) is 35.6 Å². The van der Waals surface area contributed by atoms with Crippen molar-refractivity contribution in [1.82, 2.24) is 0 Å². The van der Waals surface area contributed by atoms with Crippen molar-refractivity contribution in [2.24, 2.45) is 0 Å². The van der Waals surface area contributed by atoms with Gasteiger partial charge >= 0.3 is 0 Å². The van der Waals surface area contributed by atoms with Crippen molar-refractivity contribution < 1.29 is 9.42 Å². The summed E-state index contributed by atoms with van der Waals surface area (Å²) < 4.78 is 5.22. The molecule has 1 aromatic carbocycles. The fourth-order valence-corrected chi connectivity index (χ4v) is 2.18. The van der Waals surface area contributed by atoms with E-state index in [2.05, 4.69) is 0 Å². The topological polar surface area (TPSA) is 29.5 Å². The minimum Gasteiger partial charge on any atom is -0.347 e. The molecule has 0 fully saturated rings. The van der Waals surface area contributed by atoms with Crippen LogP contribution in [0, 0.1) is 0 Å². The molecule has 1 aromatic rings. The van der Waals surface area contributed by atoms with Gasteiger partial charge in [0.25, 0.3) is 0 Å². The SMILES string of the molecule is CCOP(O)/C(=C/c1ccccc1)CC. The third-order valence-corrected chi connectivity index (χ3v) is 3.43. The molecule has 3 heteroatoms. The van der Waals surface area contributed by atoms with Crippen molar-refractivity contribution in [1.29, 1.82) is 0 Å². The lowest BCUT2D eigenvalue weighted by atomic mass is 10.2. The molecule has 0 saturated carbocycles. The Hall–Kier alpha value is -0.690. The molecule has 0 heterocycles. The molecule has 0 amide bonds. The van der Waals surface area contributed by atoms with Crippen LogP contribution >= 0.6 is 8.38 Å². The standard InChI is InChI=1S/C12H17O2P/c1-3-12(15(13)14-4-2)10-11-8-6-5-7-9-11/h5-10,13H,3-4H2,1-2H3/b12-10+. The zero-order valence-corrected chi connectivity index (χ0v) is 10.1. The van der Waals surface area contributed by atoms with Crippen LogP contribution < -0.4 is 0 Å². The van der Waals surface area contributed by atoms with Gasteiger partial charge in [-0.15, -0.1) is 0 Å². The first-order valence-electron chi connectivity index (χ1n) is 5.15. The molecule has 15 heavy (non-hydrogen) atoms. The summed E-state index contributed by atoms with van der Waals surface area (Å²) in [6.07, 6.45) is 2.82. The number of allylic oxidation sites excluding steroid dienone is 1. The summed E-state index contributed by atoms with van der Waals surface area (Å²) in [5, 5.41) is 0.970. The van der Waals surface area contributed by atoms with Gasteiger partial charge in [-0.1, -0.05) is 37.3 Å². The monoisotopic (exact) mass is 224 g/mol. The maximum Gasteiger partial charge on any atom is 0.198 e. The molecule has 0 aromatic heterocycles. The first-order chi connectivity index (χ1) is 7.27. The molecule has 82 valence electrons. The molecule has 2 nitrogen and oxygen atoms in total. The van der Waals surface area contributed by atoms with Crippen LogP contribution in [0.4, 0.5) is 0 Å². The fourth-order valence-electron chi connectivity index (χ4n) is 1.24. The molecule has 1 rings (SSSR count). The number of hydrogen-bond acceptors (Lipinski definition) is 2. The fraction of sp³-hybridized carbons (Fsp3) is 0.333. The highest BCUT2D eigenvalue weighted by atomic mass is 31.2. The third-order valence-electron chi connectivity index (χ3n) is 1.99. The van der Waals surface area contributed by atoms with Gasteiger partial charge < -0.3 is 9.42 Å². The van der Waals surface area contributed by atoms with Crippen molar-refractivity contribution in [3.05, 3.63) is 41.2 Å². The summed E-state index contributed by atoms with van der Waals surface area (Å²) in [6, 6.07) is 9.99. The van der Waals surface area contributed by atoms with Crippen molar-refractivity contribution >= 4 is 14.5 Å². The first kappa shape index (κ1) is 12.4. The summed E-state index contributed by atoms with van der Waals surface area (Å²) in [7, 11) is -1.41. The van der Waals surface area contributed by atoms with E-state index in [9.17, 15) is 4.89 Å². The van der Waals surface area contributed by atoms with E-state index in [-0.39, 0.29) is 0 Å². The Bertz CT molecular complexity index is 309. The highest BCUT2D eigenvalue weighted by Crippen LogP contribution is 2.43. The van der Waals surface area contributed by atoms with E-state index in [1.54, 1.807) is 0 Å². The van der Waals surface area contributed by atoms with Gasteiger partial charge in [-0.3, -0.25) is 0 Å². The maximum atomic E-state index is 9.74. The van der Waals surface area contributed by atoms with Gasteiger partial charge in [0.05, 0.1) is 6.61 Å². The molecule has 0 bridgehead atoms. The van der Waals surface area contributed by atoms with Crippen molar-refractivity contribution in [3.8, 4) is 0 Å². The number of rotatable bonds is 5. The van der Waals surface area contributed by atoms with E-state index in [1.165, 1.54) is 0 Å². The normalized spacial score (nSPS) is 13.9. The van der Waals surface area contributed by atoms with Gasteiger partial charge in [0, 0.05) is 5.31 Å². The Morgan fingerprint density at radius 2 is 2.00 bits per heavy atom. The Morgan fingerprint density at radius 1 is 1.33 bits per heavy atom. The summed E-state index contributed by atoms with van der Waals surface area (Å²) in [4.78, 5) is 9.74. The molecule has 0 aliphatic carbocycles. The molecule has 0 radical (unpaired) electrons. The lowest BCUT2D eigenvalue weighted by molar-refractivity contribution is 0.334. The van der Waals surface area contributed by atoms with E-state index in [0.717, 1.165) is 17.3 Å². The smallest absolute Gasteiger partial charge is 0.198 e. The molecule has 0 saturated heterocycles. The van der Waals surface area contributed by atoms with Crippen LogP contribution in [-0.4, -0.2) is 11.5 Å². The predicted molar refractivity (Wildman–Crippen MR) is 65.5 cm³/mol. The minimum atomic E-state index is -1.41. The molecule has 1 N–H and O–H groups in total. The summed E-state index contributed by atoms with van der Waals surface area (Å²) in [5.74, 6) is 0. The second-order valence-electron chi connectivity index (χ2n) is 3.09. The van der Waals surface area contributed by atoms with Gasteiger partial charge in [0.1, 0.15) is 0 Å². The van der Waals surface area contributed by atoms with E-state index >= 15 is 0 Å². The highest BCUT2D eigenvalue weighted by molar-refractivity contribution is 7.51. The summed E-state index contributed by atoms with van der Waals surface area (Å²) in [5.41, 5.74) is 1.11. The zero-order chi connectivity index (χ0) is 11.1. The quantitative estimate of drug-likeness (QED) is 0.771. The van der Waals surface area contributed by atoms with E-state index < -0.39 is 8.38 Å². The van der Waals surface area contributed by atoms with E-state index in [0.29, 0.717) is 6.61 Å². The Labute approximate surface area is 92.5 Å². The molecule has 0 aliphatic heterocycles. The number of benzene rings is 1. The zero-order valence-electron chi connectivity index (χ0n) is 9.18. The lowest BCUT2D eigenvalue weighted by Crippen LogP contribution is -1.87. The van der Waals surface area contributed by atoms with Gasteiger partial charge in [0.15, 0.2) is 8.38 Å². The van der Waals surface area contributed by atoms with Crippen LogP contribution in [0.25, 0.3) is 6.08 Å². The Kier molecular flexibility index (Phi) is 5.56. The van der Waals surface area contributed by atoms with Crippen molar-refractivity contribution in [2.75, 3.05) is 6.61 Å².